The van der Waals surface area contributed by atoms with Gasteiger partial charge in [-0.3, -0.25) is 4.90 Å². The van der Waals surface area contributed by atoms with Gasteiger partial charge < -0.3 is 14.9 Å². The van der Waals surface area contributed by atoms with Gasteiger partial charge in [0.1, 0.15) is 12.4 Å². The van der Waals surface area contributed by atoms with Gasteiger partial charge >= 0.3 is 6.09 Å². The van der Waals surface area contributed by atoms with E-state index in [0.29, 0.717) is 6.54 Å². The largest absolute Gasteiger partial charge is 0.508 e. The normalized spacial score (nSPS) is 19.9. The molecule has 1 fully saturated rings. The van der Waals surface area contributed by atoms with E-state index < -0.39 is 6.09 Å². The second-order valence-electron chi connectivity index (χ2n) is 3.71. The summed E-state index contributed by atoms with van der Waals surface area (Å²) in [6.45, 7) is 0.502. The molecule has 0 aliphatic carbocycles. The Balaban J connectivity index is 2.08. The Kier molecular flexibility index (Phi) is 2.96. The molecule has 1 heterocycles. The van der Waals surface area contributed by atoms with Crippen LogP contribution in [0.2, 0.25) is 0 Å². The van der Waals surface area contributed by atoms with E-state index in [4.69, 9.17) is 14.9 Å². The molecule has 5 nitrogen and oxygen atoms in total. The van der Waals surface area contributed by atoms with Crippen LogP contribution in [-0.2, 0) is 11.3 Å². The first-order chi connectivity index (χ1) is 7.70. The molecule has 0 saturated carbocycles. The third-order valence-electron chi connectivity index (χ3n) is 2.57. The fourth-order valence-corrected chi connectivity index (χ4v) is 1.63. The molecule has 1 saturated heterocycles. The lowest BCUT2D eigenvalue weighted by molar-refractivity contribution is 0.151. The van der Waals surface area contributed by atoms with Gasteiger partial charge in [-0.2, -0.15) is 0 Å². The summed E-state index contributed by atoms with van der Waals surface area (Å²) >= 11 is 0. The minimum absolute atomic E-state index is 0.107. The number of benzene rings is 1. The fraction of sp³-hybridized carbons (Fsp3) is 0.364. The summed E-state index contributed by atoms with van der Waals surface area (Å²) in [6, 6.07) is 6.31. The van der Waals surface area contributed by atoms with E-state index in [9.17, 15) is 4.79 Å². The first kappa shape index (κ1) is 10.8. The van der Waals surface area contributed by atoms with Crippen LogP contribution in [0, 0.1) is 0 Å². The van der Waals surface area contributed by atoms with Crippen molar-refractivity contribution in [2.75, 3.05) is 13.2 Å². The van der Waals surface area contributed by atoms with Gasteiger partial charge in [0.2, 0.25) is 0 Å². The summed E-state index contributed by atoms with van der Waals surface area (Å²) in [5.74, 6) is 0.187. The highest BCUT2D eigenvalue weighted by molar-refractivity contribution is 5.70. The first-order valence-electron chi connectivity index (χ1n) is 5.03. The highest BCUT2D eigenvalue weighted by Crippen LogP contribution is 2.17. The van der Waals surface area contributed by atoms with E-state index in [0.717, 1.165) is 5.56 Å². The Hall–Kier alpha value is -1.75. The molecular weight excluding hydrogens is 210 g/mol. The molecule has 5 heteroatoms. The van der Waals surface area contributed by atoms with Gasteiger partial charge in [0.15, 0.2) is 0 Å². The molecule has 1 atom stereocenters. The molecule has 0 aromatic heterocycles. The van der Waals surface area contributed by atoms with E-state index in [1.165, 1.54) is 4.90 Å². The van der Waals surface area contributed by atoms with Crippen molar-refractivity contribution < 1.29 is 19.7 Å². The molecule has 0 bridgehead atoms. The summed E-state index contributed by atoms with van der Waals surface area (Å²) in [4.78, 5) is 12.8. The topological polar surface area (TPSA) is 70.0 Å². The molecule has 1 amide bonds. The number of hydrogen-bond acceptors (Lipinski definition) is 4. The Morgan fingerprint density at radius 1 is 1.38 bits per heavy atom. The Morgan fingerprint density at radius 2 is 2.06 bits per heavy atom. The summed E-state index contributed by atoms with van der Waals surface area (Å²) < 4.78 is 4.84. The number of aromatic hydroxyl groups is 1. The average molecular weight is 223 g/mol. The first-order valence-corrected chi connectivity index (χ1v) is 5.03. The maximum atomic E-state index is 11.4. The van der Waals surface area contributed by atoms with Crippen molar-refractivity contribution in [3.63, 3.8) is 0 Å². The zero-order valence-corrected chi connectivity index (χ0v) is 8.67. The van der Waals surface area contributed by atoms with Crippen LogP contribution in [0.1, 0.15) is 5.56 Å². The van der Waals surface area contributed by atoms with Crippen LogP contribution >= 0.6 is 0 Å². The number of rotatable bonds is 3. The fourth-order valence-electron chi connectivity index (χ4n) is 1.63. The highest BCUT2D eigenvalue weighted by atomic mass is 16.6. The van der Waals surface area contributed by atoms with Gasteiger partial charge in [0.05, 0.1) is 12.6 Å². The molecule has 2 N–H and O–H groups in total. The molecule has 1 unspecified atom stereocenters. The molecule has 1 aliphatic rings. The van der Waals surface area contributed by atoms with E-state index in [2.05, 4.69) is 0 Å². The van der Waals surface area contributed by atoms with Crippen LogP contribution in [0.5, 0.6) is 5.75 Å². The smallest absolute Gasteiger partial charge is 0.410 e. The van der Waals surface area contributed by atoms with Gasteiger partial charge in [0, 0.05) is 6.54 Å². The average Bonchev–Trinajstić information content (AvgIpc) is 2.63. The number of carbonyl (C=O) groups excluding carboxylic acids is 1. The van der Waals surface area contributed by atoms with Crippen LogP contribution in [0.3, 0.4) is 0 Å². The monoisotopic (exact) mass is 223 g/mol. The third kappa shape index (κ3) is 2.09. The lowest BCUT2D eigenvalue weighted by Crippen LogP contribution is -2.35. The number of phenols is 1. The number of nitrogens with zero attached hydrogens (tertiary/aromatic N) is 1. The zero-order valence-electron chi connectivity index (χ0n) is 8.67. The van der Waals surface area contributed by atoms with Crippen molar-refractivity contribution in [1.82, 2.24) is 4.90 Å². The van der Waals surface area contributed by atoms with Gasteiger partial charge in [-0.1, -0.05) is 12.1 Å². The number of hydrogen-bond donors (Lipinski definition) is 2. The van der Waals surface area contributed by atoms with E-state index in [-0.39, 0.29) is 25.0 Å². The maximum absolute atomic E-state index is 11.4. The van der Waals surface area contributed by atoms with Gasteiger partial charge in [-0.05, 0) is 17.7 Å². The molecule has 86 valence electrons. The molecule has 2 rings (SSSR count). The number of aliphatic hydroxyl groups is 1. The quantitative estimate of drug-likeness (QED) is 0.791. The van der Waals surface area contributed by atoms with Gasteiger partial charge in [0.25, 0.3) is 0 Å². The number of phenolic OH excluding ortho intramolecular Hbond substituents is 1. The summed E-state index contributed by atoms with van der Waals surface area (Å²) in [5.41, 5.74) is 0.884. The molecular formula is C11H13NO4. The Labute approximate surface area is 92.9 Å². The third-order valence-corrected chi connectivity index (χ3v) is 2.57. The molecule has 1 aromatic carbocycles. The number of ether oxygens (including phenoxy) is 1. The lowest BCUT2D eigenvalue weighted by Gasteiger charge is -2.19. The predicted octanol–water partition coefficient (Wildman–Crippen LogP) is 0.705. The van der Waals surface area contributed by atoms with Crippen LogP contribution < -0.4 is 0 Å². The molecule has 1 aliphatic heterocycles. The van der Waals surface area contributed by atoms with E-state index >= 15 is 0 Å². The van der Waals surface area contributed by atoms with Crippen molar-refractivity contribution >= 4 is 6.09 Å². The Morgan fingerprint density at radius 3 is 2.69 bits per heavy atom. The number of aliphatic hydroxyl groups excluding tert-OH is 1. The summed E-state index contributed by atoms with van der Waals surface area (Å²) in [5, 5.41) is 18.2. The maximum Gasteiger partial charge on any atom is 0.410 e. The number of carbonyl (C=O) groups is 1. The molecule has 0 spiro atoms. The Bertz CT molecular complexity index is 376. The lowest BCUT2D eigenvalue weighted by atomic mass is 10.2. The second-order valence-corrected chi connectivity index (χ2v) is 3.71. The van der Waals surface area contributed by atoms with Crippen LogP contribution in [0.4, 0.5) is 4.79 Å². The zero-order chi connectivity index (χ0) is 11.5. The van der Waals surface area contributed by atoms with Crippen molar-refractivity contribution in [2.45, 2.75) is 12.6 Å². The standard InChI is InChI=1S/C11H13NO4/c13-6-9-7-16-11(15)12(9)5-8-1-3-10(14)4-2-8/h1-4,9,13-14H,5-7H2. The summed E-state index contributed by atoms with van der Waals surface area (Å²) in [7, 11) is 0. The number of cyclic esters (lactones) is 1. The summed E-state index contributed by atoms with van der Waals surface area (Å²) in [6.07, 6.45) is -0.410. The van der Waals surface area contributed by atoms with Gasteiger partial charge in [-0.25, -0.2) is 4.79 Å². The minimum atomic E-state index is -0.410. The van der Waals surface area contributed by atoms with E-state index in [1.807, 2.05) is 0 Å². The second kappa shape index (κ2) is 4.40. The van der Waals surface area contributed by atoms with Crippen LogP contribution in [-0.4, -0.2) is 40.5 Å². The SMILES string of the molecule is O=C1OCC(CO)N1Cc1ccc(O)cc1. The minimum Gasteiger partial charge on any atom is -0.508 e. The molecule has 0 radical (unpaired) electrons. The molecule has 1 aromatic rings. The van der Waals surface area contributed by atoms with Crippen molar-refractivity contribution in [2.24, 2.45) is 0 Å². The van der Waals surface area contributed by atoms with Crippen molar-refractivity contribution in [3.05, 3.63) is 29.8 Å². The van der Waals surface area contributed by atoms with Crippen molar-refractivity contribution in [1.29, 1.82) is 0 Å². The van der Waals surface area contributed by atoms with Crippen molar-refractivity contribution in [3.8, 4) is 5.75 Å². The highest BCUT2D eigenvalue weighted by Gasteiger charge is 2.32. The number of amides is 1. The van der Waals surface area contributed by atoms with Crippen LogP contribution in [0.15, 0.2) is 24.3 Å². The predicted molar refractivity (Wildman–Crippen MR) is 55.9 cm³/mol. The van der Waals surface area contributed by atoms with Gasteiger partial charge in [-0.15, -0.1) is 0 Å². The van der Waals surface area contributed by atoms with E-state index in [1.54, 1.807) is 24.3 Å². The molecule has 16 heavy (non-hydrogen) atoms. The van der Waals surface area contributed by atoms with Crippen LogP contribution in [0.25, 0.3) is 0 Å².